The Hall–Kier alpha value is -1.07. The van der Waals surface area contributed by atoms with Crippen molar-refractivity contribution in [2.24, 2.45) is 5.73 Å². The maximum absolute atomic E-state index is 11.3. The monoisotopic (exact) mass is 254 g/mol. The van der Waals surface area contributed by atoms with Gasteiger partial charge in [0.1, 0.15) is 5.54 Å². The van der Waals surface area contributed by atoms with Gasteiger partial charge in [-0.05, 0) is 44.4 Å². The highest BCUT2D eigenvalue weighted by molar-refractivity contribution is 7.81. The second-order valence-electron chi connectivity index (χ2n) is 4.69. The minimum atomic E-state index is -1.35. The predicted octanol–water partition coefficient (Wildman–Crippen LogP) is 1.50. The lowest BCUT2D eigenvalue weighted by molar-refractivity contribution is -0.144. The maximum atomic E-state index is 11.3. The number of hydrogen-bond donors (Lipinski definition) is 3. The molecule has 1 heterocycles. The van der Waals surface area contributed by atoms with E-state index in [1.54, 1.807) is 26.2 Å². The number of carboxylic acids is 1. The SMILES string of the molecule is CC(C)(S)[C@@](N)(CCc1ccncc1)C(=O)O. The summed E-state index contributed by atoms with van der Waals surface area (Å²) < 4.78 is -0.786. The summed E-state index contributed by atoms with van der Waals surface area (Å²) in [5, 5.41) is 9.26. The summed E-state index contributed by atoms with van der Waals surface area (Å²) >= 11 is 4.30. The molecule has 0 saturated heterocycles. The molecule has 0 unspecified atom stereocenters. The third kappa shape index (κ3) is 3.20. The molecular formula is C12H18N2O2S. The first-order chi connectivity index (χ1) is 7.77. The molecular weight excluding hydrogens is 236 g/mol. The fourth-order valence-electron chi connectivity index (χ4n) is 1.57. The summed E-state index contributed by atoms with van der Waals surface area (Å²) in [6, 6.07) is 3.71. The molecule has 0 saturated carbocycles. The van der Waals surface area contributed by atoms with Crippen molar-refractivity contribution < 1.29 is 9.90 Å². The lowest BCUT2D eigenvalue weighted by Gasteiger charge is -2.36. The molecule has 0 amide bonds. The van der Waals surface area contributed by atoms with Crippen LogP contribution in [0.3, 0.4) is 0 Å². The van der Waals surface area contributed by atoms with Crippen molar-refractivity contribution in [2.75, 3.05) is 0 Å². The zero-order chi connectivity index (χ0) is 13.1. The van der Waals surface area contributed by atoms with Crippen LogP contribution in [0.5, 0.6) is 0 Å². The first-order valence-electron chi connectivity index (χ1n) is 5.41. The van der Waals surface area contributed by atoms with Gasteiger partial charge >= 0.3 is 5.97 Å². The zero-order valence-electron chi connectivity index (χ0n) is 10.1. The molecule has 0 spiro atoms. The molecule has 3 N–H and O–H groups in total. The van der Waals surface area contributed by atoms with E-state index in [9.17, 15) is 9.90 Å². The number of aliphatic carboxylic acids is 1. The Bertz CT molecular complexity index is 389. The molecule has 0 aliphatic rings. The summed E-state index contributed by atoms with van der Waals surface area (Å²) in [4.78, 5) is 15.2. The fraction of sp³-hybridized carbons (Fsp3) is 0.500. The van der Waals surface area contributed by atoms with Crippen molar-refractivity contribution in [3.63, 3.8) is 0 Å². The minimum absolute atomic E-state index is 0.336. The molecule has 94 valence electrons. The summed E-state index contributed by atoms with van der Waals surface area (Å²) in [5.41, 5.74) is 5.65. The Morgan fingerprint density at radius 1 is 1.47 bits per heavy atom. The number of aromatic nitrogens is 1. The highest BCUT2D eigenvalue weighted by Crippen LogP contribution is 2.30. The van der Waals surface area contributed by atoms with Gasteiger partial charge in [0.15, 0.2) is 0 Å². The van der Waals surface area contributed by atoms with Gasteiger partial charge in [-0.25, -0.2) is 0 Å². The van der Waals surface area contributed by atoms with Crippen LogP contribution in [0.4, 0.5) is 0 Å². The van der Waals surface area contributed by atoms with Crippen molar-refractivity contribution >= 4 is 18.6 Å². The van der Waals surface area contributed by atoms with Crippen molar-refractivity contribution in [1.82, 2.24) is 4.98 Å². The molecule has 0 aliphatic carbocycles. The molecule has 1 aromatic heterocycles. The van der Waals surface area contributed by atoms with E-state index >= 15 is 0 Å². The molecule has 1 atom stereocenters. The van der Waals surface area contributed by atoms with Gasteiger partial charge in [-0.1, -0.05) is 0 Å². The van der Waals surface area contributed by atoms with Crippen molar-refractivity contribution in [3.05, 3.63) is 30.1 Å². The fourth-order valence-corrected chi connectivity index (χ4v) is 1.77. The highest BCUT2D eigenvalue weighted by atomic mass is 32.1. The second-order valence-corrected chi connectivity index (χ2v) is 5.81. The van der Waals surface area contributed by atoms with Gasteiger partial charge in [-0.2, -0.15) is 12.6 Å². The number of carboxylic acid groups (broad SMARTS) is 1. The average molecular weight is 254 g/mol. The van der Waals surface area contributed by atoms with E-state index in [2.05, 4.69) is 17.6 Å². The van der Waals surface area contributed by atoms with E-state index in [0.717, 1.165) is 5.56 Å². The molecule has 0 radical (unpaired) electrons. The third-order valence-corrected chi connectivity index (χ3v) is 3.43. The van der Waals surface area contributed by atoms with E-state index < -0.39 is 16.3 Å². The maximum Gasteiger partial charge on any atom is 0.325 e. The summed E-state index contributed by atoms with van der Waals surface area (Å²) in [7, 11) is 0. The number of rotatable bonds is 5. The average Bonchev–Trinajstić information content (AvgIpc) is 2.25. The van der Waals surface area contributed by atoms with E-state index in [0.29, 0.717) is 12.8 Å². The first-order valence-corrected chi connectivity index (χ1v) is 5.85. The van der Waals surface area contributed by atoms with Crippen LogP contribution in [0, 0.1) is 0 Å². The summed E-state index contributed by atoms with van der Waals surface area (Å²) in [6.07, 6.45) is 4.29. The van der Waals surface area contributed by atoms with Gasteiger partial charge in [0.2, 0.25) is 0 Å². The Morgan fingerprint density at radius 3 is 2.41 bits per heavy atom. The molecule has 0 bridgehead atoms. The lowest BCUT2D eigenvalue weighted by Crippen LogP contribution is -2.60. The largest absolute Gasteiger partial charge is 0.480 e. The quantitative estimate of drug-likeness (QED) is 0.696. The molecule has 4 nitrogen and oxygen atoms in total. The van der Waals surface area contributed by atoms with Gasteiger partial charge in [-0.15, -0.1) is 0 Å². The van der Waals surface area contributed by atoms with Crippen LogP contribution in [-0.2, 0) is 11.2 Å². The Balaban J connectivity index is 2.80. The van der Waals surface area contributed by atoms with E-state index in [1.807, 2.05) is 12.1 Å². The topological polar surface area (TPSA) is 76.2 Å². The van der Waals surface area contributed by atoms with Crippen molar-refractivity contribution in [1.29, 1.82) is 0 Å². The van der Waals surface area contributed by atoms with Gasteiger partial charge in [0, 0.05) is 17.1 Å². The number of aryl methyl sites for hydroxylation is 1. The van der Waals surface area contributed by atoms with Crippen molar-refractivity contribution in [3.8, 4) is 0 Å². The van der Waals surface area contributed by atoms with Crippen LogP contribution in [0.2, 0.25) is 0 Å². The van der Waals surface area contributed by atoms with E-state index in [1.165, 1.54) is 0 Å². The minimum Gasteiger partial charge on any atom is -0.480 e. The van der Waals surface area contributed by atoms with Crippen LogP contribution in [0.1, 0.15) is 25.8 Å². The Morgan fingerprint density at radius 2 is 2.00 bits per heavy atom. The number of pyridine rings is 1. The predicted molar refractivity (Wildman–Crippen MR) is 70.2 cm³/mol. The number of thiol groups is 1. The molecule has 17 heavy (non-hydrogen) atoms. The highest BCUT2D eigenvalue weighted by Gasteiger charge is 2.45. The van der Waals surface area contributed by atoms with Gasteiger partial charge in [0.25, 0.3) is 0 Å². The van der Waals surface area contributed by atoms with Gasteiger partial charge in [-0.3, -0.25) is 9.78 Å². The van der Waals surface area contributed by atoms with Gasteiger partial charge in [0.05, 0.1) is 0 Å². The number of nitrogens with two attached hydrogens (primary N) is 1. The second kappa shape index (κ2) is 5.06. The number of hydrogen-bond acceptors (Lipinski definition) is 4. The van der Waals surface area contributed by atoms with E-state index in [-0.39, 0.29) is 0 Å². The zero-order valence-corrected chi connectivity index (χ0v) is 10.9. The summed E-state index contributed by atoms with van der Waals surface area (Å²) in [5.74, 6) is -1.02. The molecule has 0 aromatic carbocycles. The van der Waals surface area contributed by atoms with Crippen LogP contribution in [0.25, 0.3) is 0 Å². The van der Waals surface area contributed by atoms with Gasteiger partial charge < -0.3 is 10.8 Å². The smallest absolute Gasteiger partial charge is 0.325 e. The van der Waals surface area contributed by atoms with Crippen LogP contribution in [0.15, 0.2) is 24.5 Å². The van der Waals surface area contributed by atoms with Crippen molar-refractivity contribution in [2.45, 2.75) is 37.0 Å². The first kappa shape index (κ1) is 14.0. The Labute approximate surface area is 107 Å². The number of carbonyl (C=O) groups is 1. The molecule has 0 aliphatic heterocycles. The van der Waals surface area contributed by atoms with Crippen LogP contribution >= 0.6 is 12.6 Å². The van der Waals surface area contributed by atoms with Crippen LogP contribution < -0.4 is 5.73 Å². The summed E-state index contributed by atoms with van der Waals surface area (Å²) in [6.45, 7) is 3.44. The third-order valence-electron chi connectivity index (χ3n) is 3.03. The number of nitrogens with zero attached hydrogens (tertiary/aromatic N) is 1. The Kier molecular flexibility index (Phi) is 4.16. The molecule has 0 fully saturated rings. The van der Waals surface area contributed by atoms with E-state index in [4.69, 9.17) is 5.73 Å². The molecule has 1 aromatic rings. The standard InChI is InChI=1S/C12H18N2O2S/c1-11(2,17)12(13,10(15)16)6-3-9-4-7-14-8-5-9/h4-5,7-8,17H,3,6,13H2,1-2H3,(H,15,16)/t12-/m1/s1. The van der Waals surface area contributed by atoms with Crippen LogP contribution in [-0.4, -0.2) is 26.3 Å². The molecule has 5 heteroatoms. The lowest BCUT2D eigenvalue weighted by atomic mass is 9.81. The molecule has 1 rings (SSSR count). The normalized spacial score (nSPS) is 15.3.